The number of likely N-dealkylation sites (tertiary alicyclic amines) is 1. The molecule has 1 N–H and O–H groups in total. The minimum atomic E-state index is -4.43. The van der Waals surface area contributed by atoms with Crippen molar-refractivity contribution in [3.8, 4) is 0 Å². The molecule has 1 spiro atoms. The van der Waals surface area contributed by atoms with Gasteiger partial charge in [-0.3, -0.25) is 4.79 Å². The first kappa shape index (κ1) is 23.5. The van der Waals surface area contributed by atoms with E-state index in [1.54, 1.807) is 21.6 Å². The molecule has 9 heteroatoms. The molecule has 176 valence electrons. The third-order valence-electron chi connectivity index (χ3n) is 6.35. The van der Waals surface area contributed by atoms with Crippen LogP contribution in [0.1, 0.15) is 41.3 Å². The van der Waals surface area contributed by atoms with Crippen LogP contribution in [0.25, 0.3) is 0 Å². The molecule has 0 bridgehead atoms. The maximum Gasteiger partial charge on any atom is 0.416 e. The van der Waals surface area contributed by atoms with Crippen molar-refractivity contribution in [2.45, 2.75) is 37.2 Å². The molecule has 2 aromatic rings. The number of urea groups is 1. The van der Waals surface area contributed by atoms with Gasteiger partial charge in [0, 0.05) is 36.6 Å². The summed E-state index contributed by atoms with van der Waals surface area (Å²) in [5.41, 5.74) is 1.35. The van der Waals surface area contributed by atoms with Crippen LogP contribution in [0.5, 0.6) is 0 Å². The van der Waals surface area contributed by atoms with E-state index in [-0.39, 0.29) is 17.5 Å². The standard InChI is InChI=1S/C24H26F3N3O2S/c1-2-17-5-3-4-6-20(17)28-22(32)29-13-11-23(12-14-29)30(15-16-33-23)21(31)18-7-9-19(10-8-18)24(25,26)27/h3-10H,2,11-16H2,1H3,(H,28,32). The van der Waals surface area contributed by atoms with Gasteiger partial charge in [-0.25, -0.2) is 4.79 Å². The van der Waals surface area contributed by atoms with Gasteiger partial charge in [0.2, 0.25) is 0 Å². The van der Waals surface area contributed by atoms with Gasteiger partial charge in [-0.15, -0.1) is 11.8 Å². The number of alkyl halides is 3. The van der Waals surface area contributed by atoms with E-state index < -0.39 is 16.6 Å². The molecule has 2 saturated heterocycles. The lowest BCUT2D eigenvalue weighted by Gasteiger charge is -2.44. The molecular weight excluding hydrogens is 451 g/mol. The van der Waals surface area contributed by atoms with Gasteiger partial charge in [-0.2, -0.15) is 13.2 Å². The first-order valence-electron chi connectivity index (χ1n) is 11.0. The number of anilines is 1. The van der Waals surface area contributed by atoms with E-state index in [2.05, 4.69) is 5.32 Å². The number of nitrogens with zero attached hydrogens (tertiary/aromatic N) is 2. The summed E-state index contributed by atoms with van der Waals surface area (Å²) in [5, 5.41) is 3.00. The molecule has 4 rings (SSSR count). The van der Waals surface area contributed by atoms with Gasteiger partial charge in [-0.1, -0.05) is 25.1 Å². The number of carbonyl (C=O) groups is 2. The van der Waals surface area contributed by atoms with Gasteiger partial charge in [0.25, 0.3) is 5.91 Å². The van der Waals surface area contributed by atoms with Crippen LogP contribution in [0.4, 0.5) is 23.7 Å². The summed E-state index contributed by atoms with van der Waals surface area (Å²) in [4.78, 5) is 29.1. The number of aryl methyl sites for hydroxylation is 1. The Hall–Kier alpha value is -2.68. The molecule has 0 aliphatic carbocycles. The Morgan fingerprint density at radius 3 is 2.33 bits per heavy atom. The van der Waals surface area contributed by atoms with Crippen LogP contribution in [-0.4, -0.2) is 52.0 Å². The van der Waals surface area contributed by atoms with E-state index >= 15 is 0 Å². The lowest BCUT2D eigenvalue weighted by Crippen LogP contribution is -2.54. The molecule has 0 atom stereocenters. The first-order chi connectivity index (χ1) is 15.7. The predicted octanol–water partition coefficient (Wildman–Crippen LogP) is 5.48. The van der Waals surface area contributed by atoms with E-state index in [4.69, 9.17) is 0 Å². The second-order valence-corrected chi connectivity index (χ2v) is 9.71. The highest BCUT2D eigenvalue weighted by Gasteiger charge is 2.47. The van der Waals surface area contributed by atoms with Crippen molar-refractivity contribution < 1.29 is 22.8 Å². The quantitative estimate of drug-likeness (QED) is 0.637. The fourth-order valence-corrected chi connectivity index (χ4v) is 5.93. The number of nitrogens with one attached hydrogen (secondary N) is 1. The zero-order valence-electron chi connectivity index (χ0n) is 18.3. The van der Waals surface area contributed by atoms with Crippen molar-refractivity contribution in [2.24, 2.45) is 0 Å². The Labute approximate surface area is 195 Å². The highest BCUT2D eigenvalue weighted by Crippen LogP contribution is 2.44. The fraction of sp³-hybridized carbons (Fsp3) is 0.417. The molecule has 2 aliphatic rings. The van der Waals surface area contributed by atoms with Gasteiger partial charge in [0.1, 0.15) is 0 Å². The van der Waals surface area contributed by atoms with Crippen LogP contribution in [-0.2, 0) is 12.6 Å². The third-order valence-corrected chi connectivity index (χ3v) is 7.91. The van der Waals surface area contributed by atoms with Crippen LogP contribution in [0.3, 0.4) is 0 Å². The molecule has 2 heterocycles. The number of amides is 3. The Morgan fingerprint density at radius 1 is 1.03 bits per heavy atom. The summed E-state index contributed by atoms with van der Waals surface area (Å²) in [6.45, 7) is 3.59. The van der Waals surface area contributed by atoms with Crippen molar-refractivity contribution in [1.82, 2.24) is 9.80 Å². The largest absolute Gasteiger partial charge is 0.416 e. The van der Waals surface area contributed by atoms with Crippen LogP contribution in [0.2, 0.25) is 0 Å². The van der Waals surface area contributed by atoms with Gasteiger partial charge in [0.15, 0.2) is 0 Å². The van der Waals surface area contributed by atoms with Crippen LogP contribution < -0.4 is 5.32 Å². The van der Waals surface area contributed by atoms with E-state index in [1.807, 2.05) is 31.2 Å². The molecule has 2 fully saturated rings. The molecule has 0 unspecified atom stereocenters. The maximum absolute atomic E-state index is 13.1. The van der Waals surface area contributed by atoms with Gasteiger partial charge in [-0.05, 0) is 55.2 Å². The van der Waals surface area contributed by atoms with E-state index in [1.165, 1.54) is 12.1 Å². The number of halogens is 3. The molecule has 2 aliphatic heterocycles. The topological polar surface area (TPSA) is 52.7 Å². The molecule has 0 aromatic heterocycles. The molecule has 0 saturated carbocycles. The molecule has 3 amide bonds. The van der Waals surface area contributed by atoms with Crippen LogP contribution in [0, 0.1) is 0 Å². The lowest BCUT2D eigenvalue weighted by molar-refractivity contribution is -0.137. The Balaban J connectivity index is 1.41. The normalized spacial score (nSPS) is 17.9. The van der Waals surface area contributed by atoms with Crippen molar-refractivity contribution >= 4 is 29.4 Å². The molecular formula is C24H26F3N3O2S. The number of piperidine rings is 1. The summed E-state index contributed by atoms with van der Waals surface area (Å²) in [5.74, 6) is 0.506. The SMILES string of the molecule is CCc1ccccc1NC(=O)N1CCC2(CC1)SCCN2C(=O)c1ccc(C(F)(F)F)cc1. The van der Waals surface area contributed by atoms with Gasteiger partial charge < -0.3 is 15.1 Å². The molecule has 5 nitrogen and oxygen atoms in total. The zero-order valence-corrected chi connectivity index (χ0v) is 19.1. The van der Waals surface area contributed by atoms with Gasteiger partial charge in [0.05, 0.1) is 10.4 Å². The average Bonchev–Trinajstić information content (AvgIpc) is 3.21. The minimum absolute atomic E-state index is 0.158. The Morgan fingerprint density at radius 2 is 1.70 bits per heavy atom. The second-order valence-electron chi connectivity index (χ2n) is 8.25. The number of benzene rings is 2. The summed E-state index contributed by atoms with van der Waals surface area (Å²) in [6, 6.07) is 11.9. The summed E-state index contributed by atoms with van der Waals surface area (Å²) >= 11 is 1.69. The smallest absolute Gasteiger partial charge is 0.324 e. The lowest BCUT2D eigenvalue weighted by atomic mass is 10.0. The number of para-hydroxylation sites is 1. The molecule has 2 aromatic carbocycles. The Bertz CT molecular complexity index is 1020. The maximum atomic E-state index is 13.1. The summed E-state index contributed by atoms with van der Waals surface area (Å²) < 4.78 is 38.6. The second kappa shape index (κ2) is 9.29. The zero-order chi connectivity index (χ0) is 23.6. The number of hydrogen-bond donors (Lipinski definition) is 1. The highest BCUT2D eigenvalue weighted by atomic mass is 32.2. The summed E-state index contributed by atoms with van der Waals surface area (Å²) in [7, 11) is 0. The number of thioether (sulfide) groups is 1. The monoisotopic (exact) mass is 477 g/mol. The first-order valence-corrected chi connectivity index (χ1v) is 12.0. The van der Waals surface area contributed by atoms with Crippen molar-refractivity contribution in [1.29, 1.82) is 0 Å². The van der Waals surface area contributed by atoms with Crippen molar-refractivity contribution in [2.75, 3.05) is 30.7 Å². The fourth-order valence-electron chi connectivity index (χ4n) is 4.47. The van der Waals surface area contributed by atoms with E-state index in [9.17, 15) is 22.8 Å². The van der Waals surface area contributed by atoms with E-state index in [0.717, 1.165) is 35.6 Å². The van der Waals surface area contributed by atoms with Crippen LogP contribution >= 0.6 is 11.8 Å². The number of hydrogen-bond acceptors (Lipinski definition) is 3. The third kappa shape index (κ3) is 4.83. The molecule has 33 heavy (non-hydrogen) atoms. The van der Waals surface area contributed by atoms with Crippen LogP contribution in [0.15, 0.2) is 48.5 Å². The van der Waals surface area contributed by atoms with Gasteiger partial charge >= 0.3 is 12.2 Å². The summed E-state index contributed by atoms with van der Waals surface area (Å²) in [6.07, 6.45) is -2.38. The number of rotatable bonds is 3. The Kier molecular flexibility index (Phi) is 6.61. The predicted molar refractivity (Wildman–Crippen MR) is 123 cm³/mol. The van der Waals surface area contributed by atoms with E-state index in [0.29, 0.717) is 32.5 Å². The van der Waals surface area contributed by atoms with Crippen molar-refractivity contribution in [3.05, 3.63) is 65.2 Å². The van der Waals surface area contributed by atoms with Crippen molar-refractivity contribution in [3.63, 3.8) is 0 Å². The minimum Gasteiger partial charge on any atom is -0.324 e. The average molecular weight is 478 g/mol. The highest BCUT2D eigenvalue weighted by molar-refractivity contribution is 8.00. The molecule has 0 radical (unpaired) electrons. The number of carbonyl (C=O) groups excluding carboxylic acids is 2.